The molecule has 1 aromatic heterocycles. The highest BCUT2D eigenvalue weighted by Crippen LogP contribution is 2.16. The van der Waals surface area contributed by atoms with E-state index in [1.807, 2.05) is 18.5 Å². The number of carboxylic acid groups (broad SMARTS) is 1. The van der Waals surface area contributed by atoms with E-state index in [4.69, 9.17) is 5.11 Å². The third-order valence-corrected chi connectivity index (χ3v) is 3.81. The van der Waals surface area contributed by atoms with Crippen LogP contribution in [-0.4, -0.2) is 35.6 Å². The van der Waals surface area contributed by atoms with Crippen LogP contribution in [0.15, 0.2) is 17.5 Å². The molecule has 0 aromatic carbocycles. The Labute approximate surface area is 107 Å². The van der Waals surface area contributed by atoms with Gasteiger partial charge >= 0.3 is 5.97 Å². The van der Waals surface area contributed by atoms with Crippen molar-refractivity contribution >= 4 is 17.3 Å². The molecular weight excluding hydrogens is 234 g/mol. The number of carboxylic acids is 1. The third-order valence-electron chi connectivity index (χ3n) is 2.91. The van der Waals surface area contributed by atoms with Crippen molar-refractivity contribution in [1.82, 2.24) is 4.90 Å². The fourth-order valence-corrected chi connectivity index (χ4v) is 2.61. The molecule has 0 spiro atoms. The van der Waals surface area contributed by atoms with Gasteiger partial charge in [0.1, 0.15) is 0 Å². The van der Waals surface area contributed by atoms with Crippen LogP contribution in [0, 0.1) is 0 Å². The maximum Gasteiger partial charge on any atom is 0.304 e. The Bertz CT molecular complexity index is 324. The molecule has 96 valence electrons. The second-order valence-electron chi connectivity index (χ2n) is 4.37. The van der Waals surface area contributed by atoms with Gasteiger partial charge in [0, 0.05) is 10.9 Å². The number of aliphatic carboxylic acids is 1. The van der Waals surface area contributed by atoms with Crippen LogP contribution in [-0.2, 0) is 11.2 Å². The summed E-state index contributed by atoms with van der Waals surface area (Å²) >= 11 is 1.70. The number of rotatable bonds is 8. The maximum atomic E-state index is 10.9. The van der Waals surface area contributed by atoms with Crippen molar-refractivity contribution in [2.24, 2.45) is 0 Å². The first kappa shape index (κ1) is 14.2. The highest BCUT2D eigenvalue weighted by atomic mass is 32.1. The maximum absolute atomic E-state index is 10.9. The monoisotopic (exact) mass is 255 g/mol. The van der Waals surface area contributed by atoms with Crippen molar-refractivity contribution in [3.8, 4) is 0 Å². The zero-order valence-corrected chi connectivity index (χ0v) is 11.4. The quantitative estimate of drug-likeness (QED) is 0.776. The van der Waals surface area contributed by atoms with Crippen molar-refractivity contribution < 1.29 is 9.90 Å². The summed E-state index contributed by atoms with van der Waals surface area (Å²) < 4.78 is 0. The SMILES string of the molecule is CCCCN(C)C(CC(=O)O)Cc1cccs1. The Morgan fingerprint density at radius 2 is 2.35 bits per heavy atom. The summed E-state index contributed by atoms with van der Waals surface area (Å²) in [5, 5.41) is 11.0. The van der Waals surface area contributed by atoms with Crippen LogP contribution in [0.1, 0.15) is 31.1 Å². The van der Waals surface area contributed by atoms with Gasteiger partial charge < -0.3 is 10.0 Å². The third kappa shape index (κ3) is 5.33. The van der Waals surface area contributed by atoms with E-state index < -0.39 is 5.97 Å². The van der Waals surface area contributed by atoms with Crippen molar-refractivity contribution in [1.29, 1.82) is 0 Å². The molecule has 4 heteroatoms. The Morgan fingerprint density at radius 1 is 1.59 bits per heavy atom. The summed E-state index contributed by atoms with van der Waals surface area (Å²) in [5.74, 6) is -0.713. The highest BCUT2D eigenvalue weighted by Gasteiger charge is 2.18. The zero-order valence-electron chi connectivity index (χ0n) is 10.6. The van der Waals surface area contributed by atoms with Crippen LogP contribution in [0.5, 0.6) is 0 Å². The van der Waals surface area contributed by atoms with Gasteiger partial charge in [0.15, 0.2) is 0 Å². The molecule has 0 aliphatic carbocycles. The summed E-state index contributed by atoms with van der Waals surface area (Å²) in [7, 11) is 2.02. The van der Waals surface area contributed by atoms with Crippen LogP contribution in [0.25, 0.3) is 0 Å². The molecule has 0 bridgehead atoms. The zero-order chi connectivity index (χ0) is 12.7. The highest BCUT2D eigenvalue weighted by molar-refractivity contribution is 7.09. The number of hydrogen-bond acceptors (Lipinski definition) is 3. The summed E-state index contributed by atoms with van der Waals surface area (Å²) in [6.07, 6.45) is 3.32. The van der Waals surface area contributed by atoms with E-state index in [-0.39, 0.29) is 12.5 Å². The number of thiophene rings is 1. The number of hydrogen-bond donors (Lipinski definition) is 1. The van der Waals surface area contributed by atoms with Crippen LogP contribution in [0.3, 0.4) is 0 Å². The van der Waals surface area contributed by atoms with Crippen molar-refractivity contribution in [2.45, 2.75) is 38.6 Å². The van der Waals surface area contributed by atoms with E-state index >= 15 is 0 Å². The molecular formula is C13H21NO2S. The van der Waals surface area contributed by atoms with Gasteiger partial charge in [-0.2, -0.15) is 0 Å². The van der Waals surface area contributed by atoms with Gasteiger partial charge in [-0.25, -0.2) is 0 Å². The average Bonchev–Trinajstić information content (AvgIpc) is 2.77. The predicted octanol–water partition coefficient (Wildman–Crippen LogP) is 2.87. The standard InChI is InChI=1S/C13H21NO2S/c1-3-4-7-14(2)11(10-13(15)16)9-12-6-5-8-17-12/h5-6,8,11H,3-4,7,9-10H2,1-2H3,(H,15,16). The normalized spacial score (nSPS) is 12.9. The van der Waals surface area contributed by atoms with Gasteiger partial charge in [-0.3, -0.25) is 4.79 Å². The number of unbranched alkanes of at least 4 members (excludes halogenated alkanes) is 1. The minimum Gasteiger partial charge on any atom is -0.481 e. The van der Waals surface area contributed by atoms with Gasteiger partial charge in [-0.1, -0.05) is 19.4 Å². The van der Waals surface area contributed by atoms with E-state index in [2.05, 4.69) is 17.9 Å². The first-order valence-electron chi connectivity index (χ1n) is 6.08. The van der Waals surface area contributed by atoms with Crippen molar-refractivity contribution in [2.75, 3.05) is 13.6 Å². The summed E-state index contributed by atoms with van der Waals surface area (Å²) in [4.78, 5) is 14.3. The first-order valence-corrected chi connectivity index (χ1v) is 6.95. The van der Waals surface area contributed by atoms with Gasteiger partial charge in [-0.15, -0.1) is 11.3 Å². The van der Waals surface area contributed by atoms with E-state index in [0.717, 1.165) is 25.8 Å². The lowest BCUT2D eigenvalue weighted by molar-refractivity contribution is -0.138. The predicted molar refractivity (Wildman–Crippen MR) is 71.6 cm³/mol. The molecule has 1 atom stereocenters. The van der Waals surface area contributed by atoms with E-state index in [1.165, 1.54) is 4.88 Å². The van der Waals surface area contributed by atoms with Crippen LogP contribution < -0.4 is 0 Å². The molecule has 0 aliphatic rings. The van der Waals surface area contributed by atoms with Crippen molar-refractivity contribution in [3.63, 3.8) is 0 Å². The van der Waals surface area contributed by atoms with Crippen molar-refractivity contribution in [3.05, 3.63) is 22.4 Å². The number of nitrogens with zero attached hydrogens (tertiary/aromatic N) is 1. The van der Waals surface area contributed by atoms with Crippen LogP contribution in [0.2, 0.25) is 0 Å². The Kier molecular flexibility index (Phi) is 6.22. The lowest BCUT2D eigenvalue weighted by Crippen LogP contribution is -2.36. The lowest BCUT2D eigenvalue weighted by Gasteiger charge is -2.26. The summed E-state index contributed by atoms with van der Waals surface area (Å²) in [5.41, 5.74) is 0. The lowest BCUT2D eigenvalue weighted by atomic mass is 10.1. The molecule has 1 N–H and O–H groups in total. The fraction of sp³-hybridized carbons (Fsp3) is 0.615. The fourth-order valence-electron chi connectivity index (χ4n) is 1.84. The Morgan fingerprint density at radius 3 is 2.88 bits per heavy atom. The van der Waals surface area contributed by atoms with Gasteiger partial charge in [0.2, 0.25) is 0 Å². The molecule has 0 saturated carbocycles. The van der Waals surface area contributed by atoms with Gasteiger partial charge in [0.25, 0.3) is 0 Å². The molecule has 0 radical (unpaired) electrons. The molecule has 0 amide bonds. The molecule has 3 nitrogen and oxygen atoms in total. The van der Waals surface area contributed by atoms with Crippen LogP contribution in [0.4, 0.5) is 0 Å². The Balaban J connectivity index is 2.56. The van der Waals surface area contributed by atoms with Gasteiger partial charge in [0.05, 0.1) is 6.42 Å². The van der Waals surface area contributed by atoms with Crippen LogP contribution >= 0.6 is 11.3 Å². The van der Waals surface area contributed by atoms with E-state index in [0.29, 0.717) is 0 Å². The minimum absolute atomic E-state index is 0.109. The molecule has 17 heavy (non-hydrogen) atoms. The topological polar surface area (TPSA) is 40.5 Å². The molecule has 1 rings (SSSR count). The average molecular weight is 255 g/mol. The molecule has 1 aromatic rings. The molecule has 1 unspecified atom stereocenters. The minimum atomic E-state index is -0.713. The smallest absolute Gasteiger partial charge is 0.304 e. The number of likely N-dealkylation sites (N-methyl/N-ethyl adjacent to an activating group) is 1. The summed E-state index contributed by atoms with van der Waals surface area (Å²) in [6, 6.07) is 4.20. The molecule has 0 fully saturated rings. The van der Waals surface area contributed by atoms with Gasteiger partial charge in [-0.05, 0) is 37.9 Å². The Hall–Kier alpha value is -0.870. The first-order chi connectivity index (χ1) is 8.13. The molecule has 0 saturated heterocycles. The second-order valence-corrected chi connectivity index (χ2v) is 5.40. The number of carbonyl (C=O) groups is 1. The van der Waals surface area contributed by atoms with E-state index in [9.17, 15) is 4.79 Å². The molecule has 1 heterocycles. The van der Waals surface area contributed by atoms with E-state index in [1.54, 1.807) is 11.3 Å². The summed E-state index contributed by atoms with van der Waals surface area (Å²) in [6.45, 7) is 3.12. The molecule has 0 aliphatic heterocycles. The largest absolute Gasteiger partial charge is 0.481 e. The second kappa shape index (κ2) is 7.45.